The summed E-state index contributed by atoms with van der Waals surface area (Å²) in [7, 11) is 0. The minimum absolute atomic E-state index is 0.977. The fourth-order valence-electron chi connectivity index (χ4n) is 1.98. The lowest BCUT2D eigenvalue weighted by Crippen LogP contribution is -2.74. The number of alkyl halides is 17. The van der Waals surface area contributed by atoms with Crippen molar-refractivity contribution in [2.75, 3.05) is 0 Å². The van der Waals surface area contributed by atoms with Gasteiger partial charge in [-0.1, -0.05) is 0 Å². The van der Waals surface area contributed by atoms with Gasteiger partial charge >= 0.3 is 53.6 Å². The number of hydrogen-bond donors (Lipinski definition) is 1. The van der Waals surface area contributed by atoms with Crippen molar-refractivity contribution in [3.63, 3.8) is 0 Å². The normalized spacial score (nSPS) is 15.8. The van der Waals surface area contributed by atoms with Crippen LogP contribution in [-0.4, -0.2) is 58.7 Å². The fraction of sp³-hybridized carbons (Fsp3) is 0.923. The summed E-state index contributed by atoms with van der Waals surface area (Å²) < 4.78 is 220. The van der Waals surface area contributed by atoms with Gasteiger partial charge in [-0.25, -0.2) is 0 Å². The molecule has 32 heavy (non-hydrogen) atoms. The number of aliphatic carboxylic acids is 1. The summed E-state index contributed by atoms with van der Waals surface area (Å²) in [6, 6.07) is 0. The van der Waals surface area contributed by atoms with Crippen molar-refractivity contribution in [1.29, 1.82) is 0 Å². The molecule has 1 N–H and O–H groups in total. The number of hydrogen-bond acceptors (Lipinski definition) is 1. The topological polar surface area (TPSA) is 37.3 Å². The number of carboxylic acid groups (broad SMARTS) is 1. The molecule has 2 nitrogen and oxygen atoms in total. The summed E-state index contributed by atoms with van der Waals surface area (Å²) in [4.78, 5) is 10.1. The summed E-state index contributed by atoms with van der Waals surface area (Å²) in [5.41, 5.74) is 0. The van der Waals surface area contributed by atoms with Gasteiger partial charge in [0.05, 0.1) is 0 Å². The van der Waals surface area contributed by atoms with E-state index in [0.29, 0.717) is 0 Å². The lowest BCUT2D eigenvalue weighted by Gasteiger charge is -2.42. The Balaban J connectivity index is 6.33. The van der Waals surface area contributed by atoms with Gasteiger partial charge < -0.3 is 5.11 Å². The fourth-order valence-corrected chi connectivity index (χ4v) is 1.98. The second kappa shape index (κ2) is 8.25. The highest BCUT2D eigenvalue weighted by molar-refractivity contribution is 5.66. The quantitative estimate of drug-likeness (QED) is 0.245. The zero-order chi connectivity index (χ0) is 26.4. The number of carboxylic acids is 1. The van der Waals surface area contributed by atoms with Gasteiger partial charge in [-0.05, 0) is 12.8 Å². The van der Waals surface area contributed by atoms with Crippen LogP contribution in [0.3, 0.4) is 0 Å². The van der Waals surface area contributed by atoms with E-state index in [-0.39, 0.29) is 0 Å². The summed E-state index contributed by atoms with van der Waals surface area (Å²) in [6.07, 6.45) is -13.9. The largest absolute Gasteiger partial charge is 0.481 e. The summed E-state index contributed by atoms with van der Waals surface area (Å²) in [5.74, 6) is -58.2. The monoisotopic (exact) mass is 520 g/mol. The zero-order valence-corrected chi connectivity index (χ0v) is 14.6. The van der Waals surface area contributed by atoms with Crippen molar-refractivity contribution in [2.45, 2.75) is 73.3 Å². The Bertz CT molecular complexity index is 678. The smallest absolute Gasteiger partial charge is 0.460 e. The molecule has 0 amide bonds. The van der Waals surface area contributed by atoms with Crippen molar-refractivity contribution in [1.82, 2.24) is 0 Å². The Hall–Kier alpha value is -1.72. The van der Waals surface area contributed by atoms with E-state index in [1.54, 1.807) is 0 Å². The van der Waals surface area contributed by atoms with Crippen LogP contribution in [-0.2, 0) is 4.79 Å². The highest BCUT2D eigenvalue weighted by Gasteiger charge is 2.95. The second-order valence-corrected chi connectivity index (χ2v) is 6.25. The summed E-state index contributed by atoms with van der Waals surface area (Å²) >= 11 is 0. The zero-order valence-electron chi connectivity index (χ0n) is 14.6. The highest BCUT2D eigenvalue weighted by Crippen LogP contribution is 2.64. The molecule has 0 radical (unpaired) electrons. The van der Waals surface area contributed by atoms with E-state index >= 15 is 0 Å². The maximum Gasteiger partial charge on any atom is 0.460 e. The Morgan fingerprint density at radius 1 is 0.500 bits per heavy atom. The first-order chi connectivity index (χ1) is 13.7. The first kappa shape index (κ1) is 30.3. The van der Waals surface area contributed by atoms with Crippen LogP contribution in [0.5, 0.6) is 0 Å². The van der Waals surface area contributed by atoms with Crippen LogP contribution in [0.4, 0.5) is 74.6 Å². The second-order valence-electron chi connectivity index (χ2n) is 6.25. The van der Waals surface area contributed by atoms with Gasteiger partial charge in [0.1, 0.15) is 0 Å². The van der Waals surface area contributed by atoms with Gasteiger partial charge in [-0.15, -0.1) is 0 Å². The minimum atomic E-state index is -8.65. The van der Waals surface area contributed by atoms with Crippen molar-refractivity contribution in [3.05, 3.63) is 0 Å². The predicted molar refractivity (Wildman–Crippen MR) is 66.8 cm³/mol. The Kier molecular flexibility index (Phi) is 7.81. The molecule has 0 fully saturated rings. The van der Waals surface area contributed by atoms with E-state index in [1.807, 2.05) is 0 Å². The molecule has 0 aromatic rings. The maximum atomic E-state index is 13.4. The third kappa shape index (κ3) is 4.38. The summed E-state index contributed by atoms with van der Waals surface area (Å²) in [5, 5.41) is 8.18. The van der Waals surface area contributed by atoms with E-state index in [9.17, 15) is 79.4 Å². The first-order valence-corrected chi connectivity index (χ1v) is 7.60. The van der Waals surface area contributed by atoms with E-state index in [4.69, 9.17) is 5.11 Å². The third-order valence-electron chi connectivity index (χ3n) is 3.92. The van der Waals surface area contributed by atoms with Gasteiger partial charge in [0.2, 0.25) is 0 Å². The van der Waals surface area contributed by atoms with E-state index in [0.717, 1.165) is 0 Å². The van der Waals surface area contributed by atoms with Crippen LogP contribution in [0, 0.1) is 0 Å². The van der Waals surface area contributed by atoms with Crippen molar-refractivity contribution in [3.8, 4) is 0 Å². The Labute approximate surface area is 165 Å². The van der Waals surface area contributed by atoms with E-state index < -0.39 is 79.3 Å². The van der Waals surface area contributed by atoms with Gasteiger partial charge in [-0.2, -0.15) is 74.6 Å². The van der Waals surface area contributed by atoms with Gasteiger partial charge in [-0.3, -0.25) is 4.79 Å². The molecule has 0 aliphatic heterocycles. The SMILES string of the molecule is O=C(O)CCCCC(F)(F)C(F)(F)C(F)(F)C(F)(F)C(F)(F)C(F)(F)C(F)(F)C(F)(F)F. The molecule has 0 saturated heterocycles. The van der Waals surface area contributed by atoms with Crippen LogP contribution in [0.25, 0.3) is 0 Å². The maximum absolute atomic E-state index is 13.4. The molecule has 0 aliphatic carbocycles. The summed E-state index contributed by atoms with van der Waals surface area (Å²) in [6.45, 7) is 0. The molecule has 0 aromatic heterocycles. The molecule has 19 heteroatoms. The lowest BCUT2D eigenvalue weighted by atomic mass is 9.88. The van der Waals surface area contributed by atoms with Crippen LogP contribution in [0.1, 0.15) is 25.7 Å². The molecule has 0 saturated carbocycles. The lowest BCUT2D eigenvalue weighted by molar-refractivity contribution is -0.461. The predicted octanol–water partition coefficient (Wildman–Crippen LogP) is 6.64. The van der Waals surface area contributed by atoms with E-state index in [1.165, 1.54) is 0 Å². The molecule has 0 aromatic carbocycles. The molecule has 0 rings (SSSR count). The van der Waals surface area contributed by atoms with Gasteiger partial charge in [0, 0.05) is 12.8 Å². The van der Waals surface area contributed by atoms with Crippen molar-refractivity contribution in [2.24, 2.45) is 0 Å². The molecule has 0 atom stereocenters. The molecule has 0 aliphatic rings. The third-order valence-corrected chi connectivity index (χ3v) is 3.92. The van der Waals surface area contributed by atoms with Crippen LogP contribution < -0.4 is 0 Å². The molecule has 0 spiro atoms. The number of rotatable bonds is 11. The Morgan fingerprint density at radius 3 is 1.12 bits per heavy atom. The molecule has 0 bridgehead atoms. The van der Waals surface area contributed by atoms with E-state index in [2.05, 4.69) is 0 Å². The Morgan fingerprint density at radius 2 is 0.812 bits per heavy atom. The van der Waals surface area contributed by atoms with Crippen LogP contribution >= 0.6 is 0 Å². The number of unbranched alkanes of at least 4 members (excludes halogenated alkanes) is 1. The van der Waals surface area contributed by atoms with Gasteiger partial charge in [0.15, 0.2) is 0 Å². The minimum Gasteiger partial charge on any atom is -0.481 e. The average molecular weight is 520 g/mol. The number of halogens is 17. The molecular weight excluding hydrogens is 511 g/mol. The molecular formula is C13H9F17O2. The highest BCUT2D eigenvalue weighted by atomic mass is 19.4. The van der Waals surface area contributed by atoms with Crippen LogP contribution in [0.2, 0.25) is 0 Å². The van der Waals surface area contributed by atoms with Crippen molar-refractivity contribution >= 4 is 5.97 Å². The first-order valence-electron chi connectivity index (χ1n) is 7.60. The van der Waals surface area contributed by atoms with Crippen molar-refractivity contribution < 1.29 is 84.5 Å². The standard InChI is InChI=1S/C13H9F17O2/c14-6(15,4-2-1-3-5(31)32)7(16,17)8(18,19)9(20,21)10(22,23)11(24,25)12(26,27)13(28,29)30/h1-4H2,(H,31,32). The molecule has 192 valence electrons. The van der Waals surface area contributed by atoms with Crippen LogP contribution in [0.15, 0.2) is 0 Å². The average Bonchev–Trinajstić information content (AvgIpc) is 2.56. The number of carbonyl (C=O) groups is 1. The molecule has 0 heterocycles. The van der Waals surface area contributed by atoms with Gasteiger partial charge in [0.25, 0.3) is 0 Å². The molecule has 0 unspecified atom stereocenters.